The number of aliphatic hydroxyl groups excluding tert-OH is 1. The predicted octanol–water partition coefficient (Wildman–Crippen LogP) is 1.38. The Morgan fingerprint density at radius 3 is 2.48 bits per heavy atom. The van der Waals surface area contributed by atoms with Crippen LogP contribution in [0, 0.1) is 0 Å². The Bertz CT molecular complexity index is 1080. The lowest BCUT2D eigenvalue weighted by molar-refractivity contribution is -0.587. The van der Waals surface area contributed by atoms with Gasteiger partial charge in [0.2, 0.25) is 0 Å². The number of carboxylic acid groups (broad SMARTS) is 2. The standard InChI is InChI=1S/C20H20N2O.C4H4O4/c23-18-12-6-10-16-19(21-13-14-7-2-1-3-8-14)15-9-4-5-11-17(15)22-20(16)18;5-3(6)1-2-4(7)8/h1-5,7-9,11,18,23H,6,10,12-13H2,(H,21,22);1-2H,(H,5,6)(H,7,8)/b;2-1+. The molecular weight excluding hydrogens is 396 g/mol. The molecule has 1 aliphatic carbocycles. The summed E-state index contributed by atoms with van der Waals surface area (Å²) in [5, 5.41) is 31.1. The smallest absolute Gasteiger partial charge is 0.328 e. The summed E-state index contributed by atoms with van der Waals surface area (Å²) in [5.41, 5.74) is 5.66. The Hall–Kier alpha value is -3.55. The number of carboxylic acids is 2. The minimum atomic E-state index is -1.51. The summed E-state index contributed by atoms with van der Waals surface area (Å²) in [7, 11) is 0. The summed E-state index contributed by atoms with van der Waals surface area (Å²) < 4.78 is 0. The van der Waals surface area contributed by atoms with E-state index in [1.54, 1.807) is 0 Å². The average molecular weight is 420 g/mol. The Balaban J connectivity index is 0.000000293. The molecule has 1 aliphatic rings. The molecule has 1 atom stereocenters. The maximum atomic E-state index is 10.4. The SMILES string of the molecule is O=C([O-])/C=C/C(=O)O.OC1CCCc2c1nc1ccccc1c2[NH2+]Cc1ccccc1. The van der Waals surface area contributed by atoms with Crippen LogP contribution in [0.4, 0.5) is 5.69 Å². The number of rotatable bonds is 5. The van der Waals surface area contributed by atoms with E-state index in [2.05, 4.69) is 41.7 Å². The number of carbonyl (C=O) groups excluding carboxylic acids is 1. The van der Waals surface area contributed by atoms with Crippen molar-refractivity contribution in [1.82, 2.24) is 4.98 Å². The molecule has 31 heavy (non-hydrogen) atoms. The highest BCUT2D eigenvalue weighted by Gasteiger charge is 2.26. The van der Waals surface area contributed by atoms with Crippen molar-refractivity contribution in [2.45, 2.75) is 31.9 Å². The van der Waals surface area contributed by atoms with Crippen LogP contribution in [0.25, 0.3) is 10.9 Å². The molecule has 0 saturated carbocycles. The van der Waals surface area contributed by atoms with E-state index in [4.69, 9.17) is 10.1 Å². The van der Waals surface area contributed by atoms with Crippen LogP contribution in [-0.4, -0.2) is 27.1 Å². The number of hydrogen-bond acceptors (Lipinski definition) is 5. The molecule has 7 nitrogen and oxygen atoms in total. The van der Waals surface area contributed by atoms with Gasteiger partial charge in [0.1, 0.15) is 12.2 Å². The van der Waals surface area contributed by atoms with Gasteiger partial charge in [-0.1, -0.05) is 42.5 Å². The molecule has 0 fully saturated rings. The highest BCUT2D eigenvalue weighted by molar-refractivity contribution is 5.90. The number of benzene rings is 2. The molecule has 0 bridgehead atoms. The second-order valence-corrected chi connectivity index (χ2v) is 7.20. The molecule has 1 heterocycles. The van der Waals surface area contributed by atoms with E-state index in [1.807, 2.05) is 18.2 Å². The summed E-state index contributed by atoms with van der Waals surface area (Å²) >= 11 is 0. The van der Waals surface area contributed by atoms with Crippen LogP contribution in [0.1, 0.15) is 35.8 Å². The first-order valence-corrected chi connectivity index (χ1v) is 10.0. The molecule has 0 saturated heterocycles. The third-order valence-corrected chi connectivity index (χ3v) is 5.04. The number of aliphatic carboxylic acids is 2. The van der Waals surface area contributed by atoms with Crippen molar-refractivity contribution in [2.24, 2.45) is 0 Å². The van der Waals surface area contributed by atoms with E-state index in [-0.39, 0.29) is 0 Å². The zero-order valence-corrected chi connectivity index (χ0v) is 16.9. The first kappa shape index (κ1) is 22.1. The number of quaternary nitrogens is 1. The molecule has 0 aliphatic heterocycles. The maximum Gasteiger partial charge on any atom is 0.328 e. The zero-order chi connectivity index (χ0) is 22.2. The van der Waals surface area contributed by atoms with Crippen LogP contribution >= 0.6 is 0 Å². The normalized spacial score (nSPS) is 15.2. The number of aromatic nitrogens is 1. The number of carbonyl (C=O) groups is 2. The second kappa shape index (κ2) is 10.5. The Kier molecular flexibility index (Phi) is 7.48. The van der Waals surface area contributed by atoms with E-state index < -0.39 is 18.0 Å². The molecule has 0 radical (unpaired) electrons. The van der Waals surface area contributed by atoms with Crippen molar-refractivity contribution < 1.29 is 30.2 Å². The quantitative estimate of drug-likeness (QED) is 0.535. The van der Waals surface area contributed by atoms with Crippen molar-refractivity contribution in [3.05, 3.63) is 83.6 Å². The fourth-order valence-electron chi connectivity index (χ4n) is 3.65. The van der Waals surface area contributed by atoms with E-state index in [9.17, 15) is 19.8 Å². The summed E-state index contributed by atoms with van der Waals surface area (Å²) in [6.07, 6.45) is 3.37. The van der Waals surface area contributed by atoms with Crippen LogP contribution in [0.2, 0.25) is 0 Å². The van der Waals surface area contributed by atoms with Crippen molar-refractivity contribution in [1.29, 1.82) is 0 Å². The van der Waals surface area contributed by atoms with Gasteiger partial charge in [-0.25, -0.2) is 9.78 Å². The van der Waals surface area contributed by atoms with Crippen LogP contribution in [0.15, 0.2) is 66.7 Å². The van der Waals surface area contributed by atoms with Gasteiger partial charge < -0.3 is 25.4 Å². The van der Waals surface area contributed by atoms with Gasteiger partial charge in [0.25, 0.3) is 0 Å². The minimum absolute atomic E-state index is 0.424. The molecule has 1 aromatic heterocycles. The predicted molar refractivity (Wildman–Crippen MR) is 113 cm³/mol. The van der Waals surface area contributed by atoms with Gasteiger partial charge in [-0.3, -0.25) is 0 Å². The molecule has 0 spiro atoms. The number of hydrogen-bond donors (Lipinski definition) is 3. The van der Waals surface area contributed by atoms with Crippen molar-refractivity contribution in [2.75, 3.05) is 0 Å². The van der Waals surface area contributed by atoms with E-state index in [1.165, 1.54) is 22.2 Å². The van der Waals surface area contributed by atoms with E-state index in [0.29, 0.717) is 12.2 Å². The fourth-order valence-corrected chi connectivity index (χ4v) is 3.65. The number of aliphatic hydroxyl groups is 1. The van der Waals surface area contributed by atoms with Crippen LogP contribution in [0.5, 0.6) is 0 Å². The average Bonchev–Trinajstić information content (AvgIpc) is 2.77. The highest BCUT2D eigenvalue weighted by atomic mass is 16.4. The van der Waals surface area contributed by atoms with Gasteiger partial charge >= 0.3 is 5.97 Å². The summed E-state index contributed by atoms with van der Waals surface area (Å²) in [5.74, 6) is -2.80. The monoisotopic (exact) mass is 420 g/mol. The minimum Gasteiger partial charge on any atom is -0.545 e. The summed E-state index contributed by atoms with van der Waals surface area (Å²) in [4.78, 5) is 23.7. The third-order valence-electron chi connectivity index (χ3n) is 5.04. The van der Waals surface area contributed by atoms with Gasteiger partial charge in [-0.15, -0.1) is 0 Å². The number of pyridine rings is 1. The number of nitrogens with zero attached hydrogens (tertiary/aromatic N) is 1. The topological polar surface area (TPSA) is 127 Å². The van der Waals surface area contributed by atoms with E-state index in [0.717, 1.165) is 37.0 Å². The molecular formula is C24H24N2O5. The molecule has 2 aromatic carbocycles. The van der Waals surface area contributed by atoms with E-state index >= 15 is 0 Å². The van der Waals surface area contributed by atoms with Crippen LogP contribution < -0.4 is 10.4 Å². The Morgan fingerprint density at radius 1 is 1.10 bits per heavy atom. The fraction of sp³-hybridized carbons (Fsp3) is 0.208. The van der Waals surface area contributed by atoms with Gasteiger partial charge in [0.05, 0.1) is 28.7 Å². The largest absolute Gasteiger partial charge is 0.545 e. The van der Waals surface area contributed by atoms with Crippen molar-refractivity contribution in [3.8, 4) is 0 Å². The Labute approximate surface area is 179 Å². The van der Waals surface area contributed by atoms with Gasteiger partial charge in [-0.2, -0.15) is 0 Å². The second-order valence-electron chi connectivity index (χ2n) is 7.20. The maximum absolute atomic E-state index is 10.4. The van der Waals surface area contributed by atoms with Gasteiger partial charge in [-0.05, 0) is 37.5 Å². The third kappa shape index (κ3) is 5.97. The lowest BCUT2D eigenvalue weighted by atomic mass is 9.90. The lowest BCUT2D eigenvalue weighted by Gasteiger charge is -2.22. The zero-order valence-electron chi connectivity index (χ0n) is 16.9. The lowest BCUT2D eigenvalue weighted by Crippen LogP contribution is -2.76. The van der Waals surface area contributed by atoms with Crippen molar-refractivity contribution >= 4 is 28.5 Å². The van der Waals surface area contributed by atoms with Crippen molar-refractivity contribution in [3.63, 3.8) is 0 Å². The van der Waals surface area contributed by atoms with Crippen LogP contribution in [-0.2, 0) is 22.6 Å². The molecule has 4 rings (SSSR count). The molecule has 7 heteroatoms. The molecule has 1 unspecified atom stereocenters. The molecule has 3 aromatic rings. The van der Waals surface area contributed by atoms with Gasteiger partial charge in [0, 0.05) is 17.2 Å². The first-order valence-electron chi connectivity index (χ1n) is 10.0. The highest BCUT2D eigenvalue weighted by Crippen LogP contribution is 2.35. The van der Waals surface area contributed by atoms with Gasteiger partial charge in [0.15, 0.2) is 0 Å². The molecule has 4 N–H and O–H groups in total. The summed E-state index contributed by atoms with van der Waals surface area (Å²) in [6.45, 7) is 0.900. The molecule has 160 valence electrons. The number of para-hydroxylation sites is 1. The summed E-state index contributed by atoms with van der Waals surface area (Å²) in [6, 6.07) is 18.8. The Morgan fingerprint density at radius 2 is 1.81 bits per heavy atom. The molecule has 0 amide bonds. The first-order chi connectivity index (χ1) is 15.0. The van der Waals surface area contributed by atoms with Crippen LogP contribution in [0.3, 0.4) is 0 Å². The number of nitrogens with two attached hydrogens (primary N) is 1. The number of fused-ring (bicyclic) bond motifs is 2.